The average Bonchev–Trinajstić information content (AvgIpc) is 2.92. The largest absolute Gasteiger partial charge is 1.00 e. The van der Waals surface area contributed by atoms with E-state index in [0.717, 1.165) is 23.0 Å². The number of thioether (sulfide) groups is 1. The molecule has 24 heavy (non-hydrogen) atoms. The van der Waals surface area contributed by atoms with Crippen LogP contribution in [0.1, 0.15) is 12.5 Å². The monoisotopic (exact) mass is 392 g/mol. The standard InChI is InChI=1S/C14H20ClN5O2S.ClH/c1-4-22-12-8-10(7-11(15)13(12)21-3)9-16-5-6-23-14-17-18-19-20(14)2;/h7-8,16H,4-6,9H2,1-3H3;1H/p-1. The van der Waals surface area contributed by atoms with Crippen molar-refractivity contribution < 1.29 is 21.9 Å². The topological polar surface area (TPSA) is 74.1 Å². The average molecular weight is 393 g/mol. The van der Waals surface area contributed by atoms with Gasteiger partial charge in [-0.05, 0) is 35.0 Å². The van der Waals surface area contributed by atoms with Crippen molar-refractivity contribution in [2.75, 3.05) is 26.0 Å². The molecule has 0 bridgehead atoms. The van der Waals surface area contributed by atoms with Crippen molar-refractivity contribution >= 4 is 23.4 Å². The first-order chi connectivity index (χ1) is 11.2. The summed E-state index contributed by atoms with van der Waals surface area (Å²) in [6, 6.07) is 3.83. The number of hydrogen-bond acceptors (Lipinski definition) is 7. The SMILES string of the molecule is CCOc1cc(CNCCSc2nnnn2C)cc(Cl)c1OC.[Cl-]. The minimum absolute atomic E-state index is 0. The Labute approximate surface area is 156 Å². The van der Waals surface area contributed by atoms with Crippen LogP contribution >= 0.6 is 23.4 Å². The molecule has 134 valence electrons. The molecule has 1 aromatic heterocycles. The third kappa shape index (κ3) is 5.70. The molecule has 0 fully saturated rings. The number of nitrogens with one attached hydrogen (secondary N) is 1. The highest BCUT2D eigenvalue weighted by atomic mass is 35.5. The van der Waals surface area contributed by atoms with Crippen LogP contribution in [0.2, 0.25) is 5.02 Å². The lowest BCUT2D eigenvalue weighted by molar-refractivity contribution is -0.00000565. The second kappa shape index (κ2) is 10.6. The Morgan fingerprint density at radius 3 is 2.79 bits per heavy atom. The van der Waals surface area contributed by atoms with Gasteiger partial charge in [0.25, 0.3) is 0 Å². The molecule has 0 amide bonds. The van der Waals surface area contributed by atoms with Crippen molar-refractivity contribution in [1.29, 1.82) is 0 Å². The summed E-state index contributed by atoms with van der Waals surface area (Å²) in [5, 5.41) is 16.0. The van der Waals surface area contributed by atoms with E-state index >= 15 is 0 Å². The van der Waals surface area contributed by atoms with Gasteiger partial charge in [0, 0.05) is 25.9 Å². The number of hydrogen-bond donors (Lipinski definition) is 1. The zero-order valence-electron chi connectivity index (χ0n) is 13.8. The third-order valence-corrected chi connectivity index (χ3v) is 4.29. The van der Waals surface area contributed by atoms with E-state index in [9.17, 15) is 0 Å². The van der Waals surface area contributed by atoms with Crippen LogP contribution in [-0.2, 0) is 13.6 Å². The molecule has 0 aliphatic carbocycles. The van der Waals surface area contributed by atoms with E-state index < -0.39 is 0 Å². The minimum Gasteiger partial charge on any atom is -1.00 e. The Kier molecular flexibility index (Phi) is 9.20. The van der Waals surface area contributed by atoms with E-state index in [0.29, 0.717) is 29.7 Å². The van der Waals surface area contributed by atoms with Gasteiger partial charge in [0.1, 0.15) is 0 Å². The summed E-state index contributed by atoms with van der Waals surface area (Å²) in [7, 11) is 3.41. The molecule has 0 atom stereocenters. The van der Waals surface area contributed by atoms with Gasteiger partial charge in [-0.3, -0.25) is 0 Å². The highest BCUT2D eigenvalue weighted by molar-refractivity contribution is 7.99. The van der Waals surface area contributed by atoms with E-state index in [1.54, 1.807) is 23.6 Å². The summed E-state index contributed by atoms with van der Waals surface area (Å²) in [4.78, 5) is 0. The van der Waals surface area contributed by atoms with Gasteiger partial charge in [0.05, 0.1) is 18.7 Å². The molecule has 10 heteroatoms. The first kappa shape index (κ1) is 20.8. The predicted octanol–water partition coefficient (Wildman–Crippen LogP) is -0.843. The normalized spacial score (nSPS) is 10.3. The molecule has 2 aromatic rings. The van der Waals surface area contributed by atoms with Crippen LogP contribution < -0.4 is 27.2 Å². The highest BCUT2D eigenvalue weighted by Crippen LogP contribution is 2.36. The fraction of sp³-hybridized carbons (Fsp3) is 0.500. The summed E-state index contributed by atoms with van der Waals surface area (Å²) in [5.74, 6) is 2.11. The van der Waals surface area contributed by atoms with Crippen molar-refractivity contribution in [2.45, 2.75) is 18.6 Å². The lowest BCUT2D eigenvalue weighted by atomic mass is 10.2. The van der Waals surface area contributed by atoms with Gasteiger partial charge in [0.15, 0.2) is 11.5 Å². The molecule has 0 saturated heterocycles. The van der Waals surface area contributed by atoms with Crippen molar-refractivity contribution in [3.05, 3.63) is 22.7 Å². The molecule has 0 spiro atoms. The molecule has 1 aromatic carbocycles. The van der Waals surface area contributed by atoms with Gasteiger partial charge in [-0.25, -0.2) is 4.68 Å². The minimum atomic E-state index is 0. The predicted molar refractivity (Wildman–Crippen MR) is 90.4 cm³/mol. The highest BCUT2D eigenvalue weighted by Gasteiger charge is 2.11. The van der Waals surface area contributed by atoms with E-state index in [1.807, 2.05) is 26.1 Å². The molecule has 7 nitrogen and oxygen atoms in total. The number of aryl methyl sites for hydroxylation is 1. The van der Waals surface area contributed by atoms with Crippen LogP contribution in [0.25, 0.3) is 0 Å². The summed E-state index contributed by atoms with van der Waals surface area (Å²) in [6.45, 7) is 4.01. The zero-order chi connectivity index (χ0) is 16.7. The Balaban J connectivity index is 0.00000288. The molecule has 0 unspecified atom stereocenters. The zero-order valence-corrected chi connectivity index (χ0v) is 16.1. The maximum absolute atomic E-state index is 6.23. The second-order valence-electron chi connectivity index (χ2n) is 4.65. The number of rotatable bonds is 9. The van der Waals surface area contributed by atoms with Crippen LogP contribution in [0.4, 0.5) is 0 Å². The van der Waals surface area contributed by atoms with Gasteiger partial charge in [-0.15, -0.1) is 5.10 Å². The van der Waals surface area contributed by atoms with E-state index in [2.05, 4.69) is 20.8 Å². The molecule has 1 N–H and O–H groups in total. The lowest BCUT2D eigenvalue weighted by Gasteiger charge is -2.13. The molecule has 2 rings (SSSR count). The first-order valence-electron chi connectivity index (χ1n) is 7.20. The van der Waals surface area contributed by atoms with Crippen molar-refractivity contribution in [1.82, 2.24) is 25.5 Å². The van der Waals surface area contributed by atoms with Crippen LogP contribution in [0.15, 0.2) is 17.3 Å². The van der Waals surface area contributed by atoms with Gasteiger partial charge in [-0.2, -0.15) is 0 Å². The number of nitrogens with zero attached hydrogens (tertiary/aromatic N) is 4. The lowest BCUT2D eigenvalue weighted by Crippen LogP contribution is -3.00. The molecule has 0 aliphatic heterocycles. The quantitative estimate of drug-likeness (QED) is 0.440. The molecule has 0 radical (unpaired) electrons. The molecule has 1 heterocycles. The number of methoxy groups -OCH3 is 1. The Bertz CT molecular complexity index is 642. The third-order valence-electron chi connectivity index (χ3n) is 2.99. The van der Waals surface area contributed by atoms with E-state index in [-0.39, 0.29) is 12.4 Å². The maximum Gasteiger partial charge on any atom is 0.209 e. The van der Waals surface area contributed by atoms with E-state index in [1.165, 1.54) is 0 Å². The van der Waals surface area contributed by atoms with Gasteiger partial charge in [-0.1, -0.05) is 23.4 Å². The van der Waals surface area contributed by atoms with Crippen LogP contribution in [-0.4, -0.2) is 46.2 Å². The fourth-order valence-corrected chi connectivity index (χ4v) is 3.03. The first-order valence-corrected chi connectivity index (χ1v) is 8.57. The summed E-state index contributed by atoms with van der Waals surface area (Å²) in [6.07, 6.45) is 0. The van der Waals surface area contributed by atoms with E-state index in [4.69, 9.17) is 21.1 Å². The Morgan fingerprint density at radius 1 is 1.38 bits per heavy atom. The number of aromatic nitrogens is 4. The van der Waals surface area contributed by atoms with Crippen LogP contribution in [0, 0.1) is 0 Å². The number of ether oxygens (including phenoxy) is 2. The van der Waals surface area contributed by atoms with Gasteiger partial charge >= 0.3 is 0 Å². The number of halogens is 2. The summed E-state index contributed by atoms with van der Waals surface area (Å²) >= 11 is 7.84. The Hall–Kier alpha value is -1.22. The smallest absolute Gasteiger partial charge is 0.209 e. The number of tetrazole rings is 1. The number of benzene rings is 1. The second-order valence-corrected chi connectivity index (χ2v) is 6.12. The molecule has 0 saturated carbocycles. The van der Waals surface area contributed by atoms with Gasteiger partial charge in [0.2, 0.25) is 5.16 Å². The molecular weight excluding hydrogens is 373 g/mol. The Morgan fingerprint density at radius 2 is 2.17 bits per heavy atom. The van der Waals surface area contributed by atoms with Crippen molar-refractivity contribution in [3.63, 3.8) is 0 Å². The maximum atomic E-state index is 6.23. The van der Waals surface area contributed by atoms with Crippen LogP contribution in [0.3, 0.4) is 0 Å². The molecular formula is C14H20Cl2N5O2S-. The summed E-state index contributed by atoms with van der Waals surface area (Å²) in [5.41, 5.74) is 1.05. The fourth-order valence-electron chi connectivity index (χ4n) is 1.98. The van der Waals surface area contributed by atoms with Crippen molar-refractivity contribution in [3.8, 4) is 11.5 Å². The van der Waals surface area contributed by atoms with Gasteiger partial charge < -0.3 is 27.2 Å². The van der Waals surface area contributed by atoms with Crippen LogP contribution in [0.5, 0.6) is 11.5 Å². The van der Waals surface area contributed by atoms with Crippen molar-refractivity contribution in [2.24, 2.45) is 7.05 Å². The molecule has 0 aliphatic rings. The summed E-state index contributed by atoms with van der Waals surface area (Å²) < 4.78 is 12.5.